The van der Waals surface area contributed by atoms with Crippen LogP contribution < -0.4 is 0 Å². The van der Waals surface area contributed by atoms with Gasteiger partial charge in [0.1, 0.15) is 12.4 Å². The molecule has 0 radical (unpaired) electrons. The smallest absolute Gasteiger partial charge is 0.304 e. The van der Waals surface area contributed by atoms with E-state index in [0.29, 0.717) is 19.7 Å². The van der Waals surface area contributed by atoms with Gasteiger partial charge in [0, 0.05) is 30.8 Å². The zero-order valence-electron chi connectivity index (χ0n) is 15.4. The fourth-order valence-corrected chi connectivity index (χ4v) is 3.39. The lowest BCUT2D eigenvalue weighted by Crippen LogP contribution is -2.31. The second kappa shape index (κ2) is 8.34. The third-order valence-electron chi connectivity index (χ3n) is 4.84. The molecule has 138 valence electrons. The summed E-state index contributed by atoms with van der Waals surface area (Å²) in [6.07, 6.45) is 8.61. The van der Waals surface area contributed by atoms with E-state index in [0.717, 1.165) is 17.9 Å². The molecule has 0 saturated heterocycles. The van der Waals surface area contributed by atoms with Gasteiger partial charge in [-0.3, -0.25) is 9.69 Å². The van der Waals surface area contributed by atoms with Gasteiger partial charge < -0.3 is 14.7 Å². The van der Waals surface area contributed by atoms with Crippen molar-refractivity contribution in [3.05, 3.63) is 65.3 Å². The van der Waals surface area contributed by atoms with E-state index in [1.54, 1.807) is 0 Å². The van der Waals surface area contributed by atoms with Crippen molar-refractivity contribution in [2.75, 3.05) is 33.8 Å². The average molecular weight is 354 g/mol. The molecule has 0 saturated carbocycles. The summed E-state index contributed by atoms with van der Waals surface area (Å²) in [5, 5.41) is 8.80. The highest BCUT2D eigenvalue weighted by molar-refractivity contribution is 5.71. The molecule has 1 atom stereocenters. The van der Waals surface area contributed by atoms with Crippen LogP contribution in [0.5, 0.6) is 0 Å². The Morgan fingerprint density at radius 2 is 2.12 bits per heavy atom. The van der Waals surface area contributed by atoms with Gasteiger partial charge >= 0.3 is 5.97 Å². The Bertz CT molecular complexity index is 751. The van der Waals surface area contributed by atoms with Crippen molar-refractivity contribution in [3.8, 4) is 0 Å². The molecule has 1 aliphatic carbocycles. The van der Waals surface area contributed by atoms with Crippen molar-refractivity contribution in [1.29, 1.82) is 0 Å². The minimum Gasteiger partial charge on any atom is -0.491 e. The predicted molar refractivity (Wildman–Crippen MR) is 103 cm³/mol. The lowest BCUT2D eigenvalue weighted by atomic mass is 9.97. The molecule has 5 nitrogen and oxygen atoms in total. The van der Waals surface area contributed by atoms with E-state index in [4.69, 9.17) is 9.84 Å². The molecule has 1 heterocycles. The van der Waals surface area contributed by atoms with Crippen LogP contribution in [0, 0.1) is 0 Å². The summed E-state index contributed by atoms with van der Waals surface area (Å²) >= 11 is 0. The number of hydrogen-bond donors (Lipinski definition) is 1. The summed E-state index contributed by atoms with van der Waals surface area (Å²) in [5.74, 6) is 0.160. The predicted octanol–water partition coefficient (Wildman–Crippen LogP) is 2.76. The second-order valence-electron chi connectivity index (χ2n) is 6.84. The Labute approximate surface area is 154 Å². The van der Waals surface area contributed by atoms with E-state index < -0.39 is 5.97 Å². The van der Waals surface area contributed by atoms with Crippen molar-refractivity contribution < 1.29 is 14.6 Å². The Balaban J connectivity index is 1.79. The molecule has 3 rings (SSSR count). The van der Waals surface area contributed by atoms with Crippen LogP contribution in [0.4, 0.5) is 0 Å². The molecule has 1 aromatic carbocycles. The maximum absolute atomic E-state index is 10.7. The van der Waals surface area contributed by atoms with E-state index in [2.05, 4.69) is 54.5 Å². The number of likely N-dealkylation sites (N-methyl/N-ethyl adjacent to an activating group) is 2. The first-order valence-electron chi connectivity index (χ1n) is 8.97. The van der Waals surface area contributed by atoms with Crippen LogP contribution in [0.2, 0.25) is 0 Å². The number of benzene rings is 1. The molecule has 5 heteroatoms. The standard InChI is InChI=1S/C21H26N2O3/c1-22(12-11-20(24)25)13-14-26-21-17-8-4-3-7-16(17)15-23(2)19-10-6-5-9-18(19)21/h3-10,19H,11-15H2,1-2H3,(H,24,25). The highest BCUT2D eigenvalue weighted by Gasteiger charge is 2.27. The average Bonchev–Trinajstić information content (AvgIpc) is 2.75. The number of hydrogen-bond acceptors (Lipinski definition) is 4. The van der Waals surface area contributed by atoms with E-state index in [1.807, 2.05) is 18.0 Å². The number of ether oxygens (including phenoxy) is 1. The first-order valence-corrected chi connectivity index (χ1v) is 8.97. The molecule has 1 aliphatic heterocycles. The molecule has 1 unspecified atom stereocenters. The minimum absolute atomic E-state index is 0.147. The van der Waals surface area contributed by atoms with Crippen LogP contribution in [0.25, 0.3) is 5.76 Å². The van der Waals surface area contributed by atoms with Gasteiger partial charge in [-0.15, -0.1) is 0 Å². The third-order valence-corrected chi connectivity index (χ3v) is 4.84. The fraction of sp³-hybridized carbons (Fsp3) is 0.381. The molecule has 0 fully saturated rings. The monoisotopic (exact) mass is 354 g/mol. The number of nitrogens with zero attached hydrogens (tertiary/aromatic N) is 2. The number of fused-ring (bicyclic) bond motifs is 2. The Hall–Kier alpha value is -2.37. The molecule has 1 N–H and O–H groups in total. The van der Waals surface area contributed by atoms with E-state index in [-0.39, 0.29) is 12.5 Å². The zero-order valence-corrected chi connectivity index (χ0v) is 15.4. The molecule has 26 heavy (non-hydrogen) atoms. The summed E-state index contributed by atoms with van der Waals surface area (Å²) in [6.45, 7) is 2.60. The number of rotatable bonds is 7. The summed E-state index contributed by atoms with van der Waals surface area (Å²) in [6, 6.07) is 8.58. The van der Waals surface area contributed by atoms with Crippen molar-refractivity contribution >= 4 is 11.7 Å². The van der Waals surface area contributed by atoms with Crippen molar-refractivity contribution in [3.63, 3.8) is 0 Å². The normalized spacial score (nSPS) is 19.3. The minimum atomic E-state index is -0.773. The summed E-state index contributed by atoms with van der Waals surface area (Å²) in [4.78, 5) is 15.0. The van der Waals surface area contributed by atoms with Gasteiger partial charge in [-0.1, -0.05) is 48.6 Å². The van der Waals surface area contributed by atoms with E-state index >= 15 is 0 Å². The first-order chi connectivity index (χ1) is 12.6. The number of carboxylic acid groups (broad SMARTS) is 1. The number of allylic oxidation sites excluding steroid dienone is 2. The molecule has 0 bridgehead atoms. The van der Waals surface area contributed by atoms with Crippen LogP contribution in [-0.2, 0) is 16.1 Å². The number of carbonyl (C=O) groups is 1. The van der Waals surface area contributed by atoms with Gasteiger partial charge in [0.25, 0.3) is 0 Å². The summed E-state index contributed by atoms with van der Waals surface area (Å²) in [5.41, 5.74) is 3.58. The van der Waals surface area contributed by atoms with Crippen LogP contribution in [0.1, 0.15) is 17.5 Å². The first kappa shape index (κ1) is 18.4. The van der Waals surface area contributed by atoms with Crippen molar-refractivity contribution in [2.24, 2.45) is 0 Å². The molecular formula is C21H26N2O3. The van der Waals surface area contributed by atoms with Crippen molar-refractivity contribution in [2.45, 2.75) is 19.0 Å². The number of aliphatic carboxylic acids is 1. The highest BCUT2D eigenvalue weighted by Crippen LogP contribution is 2.34. The van der Waals surface area contributed by atoms with Crippen LogP contribution in [-0.4, -0.2) is 60.7 Å². The van der Waals surface area contributed by atoms with Gasteiger partial charge in [0.05, 0.1) is 12.5 Å². The SMILES string of the molecule is CN(CCOC1=C2C=CC=CC2N(C)Cc2ccccc21)CCC(=O)O. The molecule has 0 spiro atoms. The van der Waals surface area contributed by atoms with E-state index in [1.165, 1.54) is 11.1 Å². The van der Waals surface area contributed by atoms with Gasteiger partial charge in [-0.25, -0.2) is 0 Å². The largest absolute Gasteiger partial charge is 0.491 e. The molecule has 0 amide bonds. The van der Waals surface area contributed by atoms with Crippen LogP contribution in [0.3, 0.4) is 0 Å². The quantitative estimate of drug-likeness (QED) is 0.816. The zero-order chi connectivity index (χ0) is 18.5. The lowest BCUT2D eigenvalue weighted by molar-refractivity contribution is -0.137. The van der Waals surface area contributed by atoms with Gasteiger partial charge in [-0.05, 0) is 19.7 Å². The summed E-state index contributed by atoms with van der Waals surface area (Å²) in [7, 11) is 4.05. The highest BCUT2D eigenvalue weighted by atomic mass is 16.5. The Morgan fingerprint density at radius 3 is 2.92 bits per heavy atom. The van der Waals surface area contributed by atoms with Crippen molar-refractivity contribution in [1.82, 2.24) is 9.80 Å². The molecule has 0 aromatic heterocycles. The van der Waals surface area contributed by atoms with Gasteiger partial charge in [0.2, 0.25) is 0 Å². The maximum atomic E-state index is 10.7. The fourth-order valence-electron chi connectivity index (χ4n) is 3.39. The van der Waals surface area contributed by atoms with Crippen LogP contribution >= 0.6 is 0 Å². The third kappa shape index (κ3) is 4.23. The van der Waals surface area contributed by atoms with Crippen LogP contribution in [0.15, 0.2) is 54.1 Å². The van der Waals surface area contributed by atoms with E-state index in [9.17, 15) is 4.79 Å². The topological polar surface area (TPSA) is 53.0 Å². The lowest BCUT2D eigenvalue weighted by Gasteiger charge is -2.26. The molecular weight excluding hydrogens is 328 g/mol. The second-order valence-corrected chi connectivity index (χ2v) is 6.84. The maximum Gasteiger partial charge on any atom is 0.304 e. The molecule has 1 aromatic rings. The Morgan fingerprint density at radius 1 is 1.31 bits per heavy atom. The summed E-state index contributed by atoms with van der Waals surface area (Å²) < 4.78 is 6.26. The molecule has 2 aliphatic rings. The number of carboxylic acids is 1. The van der Waals surface area contributed by atoms with Gasteiger partial charge in [-0.2, -0.15) is 0 Å². The Kier molecular flexibility index (Phi) is 5.91. The van der Waals surface area contributed by atoms with Gasteiger partial charge in [0.15, 0.2) is 0 Å².